The molecule has 31 nitrogen and oxygen atoms in total. The number of carboxylic acids is 4. The first-order valence-corrected chi connectivity index (χ1v) is 29.1. The molecule has 0 aromatic heterocycles. The minimum atomic E-state index is -1.97. The number of aromatic hydroxyl groups is 1. The summed E-state index contributed by atoms with van der Waals surface area (Å²) in [6.45, 7) is 12.5. The molecule has 0 fully saturated rings. The summed E-state index contributed by atoms with van der Waals surface area (Å²) in [6.07, 6.45) is -5.91. The van der Waals surface area contributed by atoms with Crippen LogP contribution in [0.2, 0.25) is 0 Å². The number of rotatable bonds is 40. The molecule has 0 saturated heterocycles. The molecule has 0 heterocycles. The number of phenols is 1. The normalized spacial score (nSPS) is 15.2. The summed E-state index contributed by atoms with van der Waals surface area (Å²) < 4.78 is 0. The van der Waals surface area contributed by atoms with Crippen molar-refractivity contribution in [3.8, 4) is 5.75 Å². The molecule has 0 bridgehead atoms. The highest BCUT2D eigenvalue weighted by molar-refractivity contribution is 5.98. The Bertz CT molecular complexity index is 2840. The quantitative estimate of drug-likeness (QED) is 0.0337. The first-order valence-electron chi connectivity index (χ1n) is 29.1. The van der Waals surface area contributed by atoms with Crippen LogP contribution in [0.5, 0.6) is 5.75 Å². The molecular weight excluding hydrogens is 1180 g/mol. The molecule has 0 unspecified atom stereocenters. The van der Waals surface area contributed by atoms with Crippen molar-refractivity contribution in [3.05, 3.63) is 65.7 Å². The second kappa shape index (κ2) is 37.6. The maximum Gasteiger partial charge on any atom is 0.326 e. The van der Waals surface area contributed by atoms with Gasteiger partial charge in [0, 0.05) is 31.6 Å². The lowest BCUT2D eigenvalue weighted by atomic mass is 9.91. The van der Waals surface area contributed by atoms with Crippen LogP contribution in [-0.4, -0.2) is 180 Å². The third-order valence-corrected chi connectivity index (χ3v) is 14.0. The number of aliphatic hydroxyl groups excluding tert-OH is 1. The van der Waals surface area contributed by atoms with Gasteiger partial charge in [0.25, 0.3) is 0 Å². The van der Waals surface area contributed by atoms with Crippen molar-refractivity contribution >= 4 is 82.9 Å². The first-order chi connectivity index (χ1) is 42.0. The lowest BCUT2D eigenvalue weighted by Gasteiger charge is -2.31. The molecule has 0 aliphatic rings. The van der Waals surface area contributed by atoms with Crippen LogP contribution < -0.4 is 59.3 Å². The second-order valence-corrected chi connectivity index (χ2v) is 23.1. The number of aliphatic carboxylic acids is 4. The molecule has 19 N–H and O–H groups in total. The van der Waals surface area contributed by atoms with Crippen molar-refractivity contribution in [2.45, 2.75) is 186 Å². The number of carbonyl (C=O) groups is 14. The van der Waals surface area contributed by atoms with Crippen LogP contribution in [-0.2, 0) is 80.0 Å². The van der Waals surface area contributed by atoms with Gasteiger partial charge in [-0.2, -0.15) is 0 Å². The molecule has 10 amide bonds. The van der Waals surface area contributed by atoms with E-state index in [1.54, 1.807) is 71.9 Å². The van der Waals surface area contributed by atoms with E-state index in [4.69, 9.17) is 21.7 Å². The molecule has 0 aliphatic heterocycles. The second-order valence-electron chi connectivity index (χ2n) is 23.1. The number of benzene rings is 2. The molecule has 2 rings (SSSR count). The number of carbonyl (C=O) groups excluding carboxylic acids is 10. The molecular formula is C59H87N11O20. The van der Waals surface area contributed by atoms with Crippen LogP contribution >= 0.6 is 0 Å². The van der Waals surface area contributed by atoms with E-state index in [-0.39, 0.29) is 43.8 Å². The molecule has 0 aliphatic carbocycles. The number of hydrogen-bond donors (Lipinski definition) is 17. The Hall–Kier alpha value is -9.26. The molecule has 2 aromatic rings. The summed E-state index contributed by atoms with van der Waals surface area (Å²) in [7, 11) is 0. The van der Waals surface area contributed by atoms with Gasteiger partial charge in [-0.15, -0.1) is 0 Å². The van der Waals surface area contributed by atoms with Gasteiger partial charge in [0.05, 0.1) is 31.0 Å². The van der Waals surface area contributed by atoms with Crippen LogP contribution in [0.1, 0.15) is 118 Å². The van der Waals surface area contributed by atoms with Gasteiger partial charge in [-0.25, -0.2) is 4.79 Å². The maximum absolute atomic E-state index is 14.6. The number of aliphatic hydroxyl groups is 1. The van der Waals surface area contributed by atoms with Gasteiger partial charge in [0.2, 0.25) is 59.1 Å². The Labute approximate surface area is 519 Å². The zero-order valence-electron chi connectivity index (χ0n) is 51.5. The first kappa shape index (κ1) is 76.8. The molecule has 0 spiro atoms. The van der Waals surface area contributed by atoms with Crippen molar-refractivity contribution < 1.29 is 97.8 Å². The Morgan fingerprint density at radius 2 is 0.889 bits per heavy atom. The van der Waals surface area contributed by atoms with E-state index in [0.29, 0.717) is 11.1 Å². The topological polar surface area (TPSA) is 521 Å². The molecule has 0 radical (unpaired) electrons. The Morgan fingerprint density at radius 3 is 1.38 bits per heavy atom. The van der Waals surface area contributed by atoms with E-state index in [1.165, 1.54) is 38.1 Å². The van der Waals surface area contributed by atoms with Gasteiger partial charge in [0.1, 0.15) is 54.1 Å². The fraction of sp³-hybridized carbons (Fsp3) is 0.559. The van der Waals surface area contributed by atoms with Gasteiger partial charge in [-0.3, -0.25) is 62.3 Å². The number of nitrogens with two attached hydrogens (primary N) is 2. The molecule has 498 valence electrons. The van der Waals surface area contributed by atoms with Gasteiger partial charge >= 0.3 is 23.9 Å². The fourth-order valence-electron chi connectivity index (χ4n) is 8.97. The summed E-state index contributed by atoms with van der Waals surface area (Å²) in [5, 5.41) is 80.6. The molecule has 90 heavy (non-hydrogen) atoms. The monoisotopic (exact) mass is 1270 g/mol. The predicted octanol–water partition coefficient (Wildman–Crippen LogP) is -2.20. The number of hydrogen-bond acceptors (Lipinski definition) is 17. The van der Waals surface area contributed by atoms with Crippen molar-refractivity contribution in [1.29, 1.82) is 0 Å². The van der Waals surface area contributed by atoms with Gasteiger partial charge in [0.15, 0.2) is 0 Å². The van der Waals surface area contributed by atoms with Crippen molar-refractivity contribution in [2.24, 2.45) is 35.1 Å². The average molecular weight is 1270 g/mol. The van der Waals surface area contributed by atoms with Gasteiger partial charge < -0.3 is 90.0 Å². The minimum Gasteiger partial charge on any atom is -0.508 e. The standard InChI is InChI=1S/C59H87N11O20/c1-28(2)22-38(64-56(86)41(26-44(61)73)67-58(88)49(30(5)6)70-52(82)36(60)18-20-45(74)75)43(72)23-31(7)50(80)69-48(29(3)4)57(87)66-40(24-33-12-10-9-11-13-33)55(85)65-39(25-34-14-16-35(71)17-15-34)54(84)62-32(8)51(81)63-37(19-21-46(76)77)53(83)68-42(59(89)90)27-47(78)79/h9-17,28-32,36-43,48-49,71-72H,18-27,60H2,1-8H3,(H2,61,73)(H,62,84)(H,63,81)(H,64,86)(H,65,85)(H,66,87)(H,67,88)(H,68,83)(H,69,80)(H,70,82)(H,74,75)(H,76,77)(H,78,79)(H,89,90)/t31-,32+,36+,37+,38+,39+,40+,41+,42+,43+,48+,49+/m1/s1. The SMILES string of the molecule is CC(C)C[C@H](NC(=O)[C@H](CC(N)=O)NC(=O)[C@@H](NC(=O)[C@@H](N)CCC(=O)O)C(C)C)[C@@H](O)C[C@@H](C)C(=O)N[C@H](C(=O)N[C@@H](Cc1ccccc1)C(=O)N[C@@H](Cc1ccc(O)cc1)C(=O)N[C@@H](C)C(=O)N[C@@H](CCC(=O)O)C(=O)N[C@@H](CC(=O)O)C(=O)O)C(C)C. The third-order valence-electron chi connectivity index (χ3n) is 14.0. The Kier molecular flexibility index (Phi) is 32.1. The van der Waals surface area contributed by atoms with E-state index in [2.05, 4.69) is 42.5 Å². The maximum atomic E-state index is 14.6. The third kappa shape index (κ3) is 27.8. The highest BCUT2D eigenvalue weighted by atomic mass is 16.4. The lowest BCUT2D eigenvalue weighted by Crippen LogP contribution is -2.60. The Balaban J connectivity index is 2.42. The number of nitrogens with one attached hydrogen (secondary N) is 9. The number of amides is 10. The minimum absolute atomic E-state index is 0.110. The zero-order valence-corrected chi connectivity index (χ0v) is 51.5. The summed E-state index contributed by atoms with van der Waals surface area (Å²) in [6, 6.07) is -1.18. The van der Waals surface area contributed by atoms with E-state index in [0.717, 1.165) is 0 Å². The highest BCUT2D eigenvalue weighted by Crippen LogP contribution is 2.19. The zero-order chi connectivity index (χ0) is 68.3. The van der Waals surface area contributed by atoms with Gasteiger partial charge in [-0.1, -0.05) is 90.9 Å². The summed E-state index contributed by atoms with van der Waals surface area (Å²) in [5.41, 5.74) is 12.2. The van der Waals surface area contributed by atoms with E-state index < -0.39 is 199 Å². The van der Waals surface area contributed by atoms with E-state index in [1.807, 2.05) is 5.32 Å². The lowest BCUT2D eigenvalue weighted by molar-refractivity contribution is -0.147. The molecule has 31 heteroatoms. The summed E-state index contributed by atoms with van der Waals surface area (Å²) >= 11 is 0. The predicted molar refractivity (Wildman–Crippen MR) is 319 cm³/mol. The van der Waals surface area contributed by atoms with Crippen LogP contribution in [0.15, 0.2) is 54.6 Å². The van der Waals surface area contributed by atoms with Crippen LogP contribution in [0.4, 0.5) is 0 Å². The van der Waals surface area contributed by atoms with E-state index >= 15 is 0 Å². The van der Waals surface area contributed by atoms with Crippen molar-refractivity contribution in [3.63, 3.8) is 0 Å². The van der Waals surface area contributed by atoms with Crippen LogP contribution in [0.3, 0.4) is 0 Å². The van der Waals surface area contributed by atoms with Gasteiger partial charge in [-0.05, 0) is 73.6 Å². The number of phenolic OH excluding ortho intramolecular Hbond substituents is 1. The molecule has 0 saturated carbocycles. The fourth-order valence-corrected chi connectivity index (χ4v) is 8.97. The van der Waals surface area contributed by atoms with Crippen molar-refractivity contribution in [2.75, 3.05) is 0 Å². The Morgan fingerprint density at radius 1 is 0.444 bits per heavy atom. The summed E-state index contributed by atoms with van der Waals surface area (Å²) in [5.74, 6) is -18.2. The average Bonchev–Trinajstić information content (AvgIpc) is 3.65. The van der Waals surface area contributed by atoms with Crippen molar-refractivity contribution in [1.82, 2.24) is 47.9 Å². The largest absolute Gasteiger partial charge is 0.508 e. The summed E-state index contributed by atoms with van der Waals surface area (Å²) in [4.78, 5) is 182. The number of carboxylic acid groups (broad SMARTS) is 4. The van der Waals surface area contributed by atoms with Crippen LogP contribution in [0, 0.1) is 23.7 Å². The highest BCUT2D eigenvalue weighted by Gasteiger charge is 2.37. The molecule has 12 atom stereocenters. The smallest absolute Gasteiger partial charge is 0.326 e. The van der Waals surface area contributed by atoms with Crippen LogP contribution in [0.25, 0.3) is 0 Å². The number of primary amides is 1. The molecule has 2 aromatic carbocycles. The van der Waals surface area contributed by atoms with E-state index in [9.17, 15) is 87.5 Å².